The Morgan fingerprint density at radius 3 is 2.41 bits per heavy atom. The number of piperazine rings is 1. The molecule has 0 bridgehead atoms. The minimum Gasteiger partial charge on any atom is -0.354 e. The minimum atomic E-state index is -0.330. The molecule has 166 valence electrons. The van der Waals surface area contributed by atoms with Crippen LogP contribution in [0, 0.1) is 12.7 Å². The van der Waals surface area contributed by atoms with E-state index in [0.717, 1.165) is 37.6 Å². The molecule has 1 aliphatic rings. The highest BCUT2D eigenvalue weighted by atomic mass is 35.5. The molecule has 0 aliphatic carbocycles. The molecule has 7 heteroatoms. The Labute approximate surface area is 193 Å². The van der Waals surface area contributed by atoms with Crippen molar-refractivity contribution in [3.63, 3.8) is 0 Å². The van der Waals surface area contributed by atoms with E-state index in [1.54, 1.807) is 42.2 Å². The number of halogens is 2. The quantitative estimate of drug-likeness (QED) is 0.558. The predicted molar refractivity (Wildman–Crippen MR) is 127 cm³/mol. The second-order valence-electron chi connectivity index (χ2n) is 8.14. The molecule has 2 heterocycles. The molecule has 1 saturated heterocycles. The maximum Gasteiger partial charge on any atom is 0.258 e. The number of rotatable bonds is 5. The highest BCUT2D eigenvalue weighted by Crippen LogP contribution is 2.26. The number of amides is 1. The van der Waals surface area contributed by atoms with E-state index >= 15 is 0 Å². The number of pyridine rings is 1. The van der Waals surface area contributed by atoms with Gasteiger partial charge in [-0.05, 0) is 73.6 Å². The van der Waals surface area contributed by atoms with Crippen LogP contribution in [0.4, 0.5) is 15.9 Å². The van der Waals surface area contributed by atoms with Crippen LogP contribution >= 0.6 is 11.6 Å². The van der Waals surface area contributed by atoms with Crippen LogP contribution in [-0.4, -0.2) is 49.0 Å². The third kappa shape index (κ3) is 5.09. The summed E-state index contributed by atoms with van der Waals surface area (Å²) in [7, 11) is 2.12. The zero-order valence-electron chi connectivity index (χ0n) is 18.3. The summed E-state index contributed by atoms with van der Waals surface area (Å²) in [6.07, 6.45) is 1.81. The Hall–Kier alpha value is -2.96. The summed E-state index contributed by atoms with van der Waals surface area (Å²) in [6.45, 7) is 6.03. The Morgan fingerprint density at radius 1 is 1.06 bits per heavy atom. The number of carbonyl (C=O) groups is 1. The molecule has 5 nitrogen and oxygen atoms in total. The smallest absolute Gasteiger partial charge is 0.258 e. The predicted octanol–water partition coefficient (Wildman–Crippen LogP) is 4.78. The molecule has 1 aromatic heterocycles. The average molecular weight is 453 g/mol. The van der Waals surface area contributed by atoms with E-state index in [-0.39, 0.29) is 11.7 Å². The lowest BCUT2D eigenvalue weighted by atomic mass is 10.1. The van der Waals surface area contributed by atoms with Crippen LogP contribution in [-0.2, 0) is 6.54 Å². The van der Waals surface area contributed by atoms with Gasteiger partial charge in [0.25, 0.3) is 5.91 Å². The first-order valence-corrected chi connectivity index (χ1v) is 11.0. The van der Waals surface area contributed by atoms with E-state index in [1.807, 2.05) is 18.3 Å². The number of hydrogen-bond acceptors (Lipinski definition) is 4. The molecule has 32 heavy (non-hydrogen) atoms. The highest BCUT2D eigenvalue weighted by Gasteiger charge is 2.21. The first-order chi connectivity index (χ1) is 15.4. The van der Waals surface area contributed by atoms with Crippen LogP contribution < -0.4 is 9.80 Å². The fourth-order valence-electron chi connectivity index (χ4n) is 3.85. The van der Waals surface area contributed by atoms with Crippen molar-refractivity contribution in [3.8, 4) is 0 Å². The standard InChI is InChI=1S/C25H26ClFN4O/c1-18-15-22(27)8-9-23(18)31(25(32)20-4-6-21(26)7-5-20)17-19-3-10-24(28-16-19)30-13-11-29(2)12-14-30/h3-10,15-16H,11-14,17H2,1-2H3. The molecule has 3 aromatic rings. The Bertz CT molecular complexity index is 1080. The van der Waals surface area contributed by atoms with E-state index in [0.29, 0.717) is 28.4 Å². The van der Waals surface area contributed by atoms with Crippen molar-refractivity contribution in [1.29, 1.82) is 0 Å². The summed E-state index contributed by atoms with van der Waals surface area (Å²) in [6, 6.07) is 15.2. The summed E-state index contributed by atoms with van der Waals surface area (Å²) in [5.74, 6) is 0.429. The highest BCUT2D eigenvalue weighted by molar-refractivity contribution is 6.30. The molecule has 0 N–H and O–H groups in total. The van der Waals surface area contributed by atoms with Crippen molar-refractivity contribution >= 4 is 29.0 Å². The first-order valence-electron chi connectivity index (χ1n) is 10.6. The molecule has 0 saturated carbocycles. The van der Waals surface area contributed by atoms with Gasteiger partial charge in [-0.2, -0.15) is 0 Å². The van der Waals surface area contributed by atoms with E-state index in [1.165, 1.54) is 12.1 Å². The minimum absolute atomic E-state index is 0.181. The zero-order valence-corrected chi connectivity index (χ0v) is 19.0. The largest absolute Gasteiger partial charge is 0.354 e. The summed E-state index contributed by atoms with van der Waals surface area (Å²) in [5, 5.41) is 0.565. The van der Waals surface area contributed by atoms with Gasteiger partial charge in [0.2, 0.25) is 0 Å². The molecular weight excluding hydrogens is 427 g/mol. The van der Waals surface area contributed by atoms with Crippen LogP contribution in [0.25, 0.3) is 0 Å². The van der Waals surface area contributed by atoms with Crippen molar-refractivity contribution < 1.29 is 9.18 Å². The Kier molecular flexibility index (Phi) is 6.72. The van der Waals surface area contributed by atoms with Gasteiger partial charge in [0.05, 0.1) is 6.54 Å². The first kappa shape index (κ1) is 22.2. The van der Waals surface area contributed by atoms with Crippen LogP contribution in [0.2, 0.25) is 5.02 Å². The third-order valence-electron chi connectivity index (χ3n) is 5.76. The third-order valence-corrected chi connectivity index (χ3v) is 6.02. The number of carbonyl (C=O) groups excluding carboxylic acids is 1. The fourth-order valence-corrected chi connectivity index (χ4v) is 3.98. The molecule has 0 spiro atoms. The molecule has 1 amide bonds. The molecule has 4 rings (SSSR count). The van der Waals surface area contributed by atoms with Crippen molar-refractivity contribution in [2.75, 3.05) is 43.0 Å². The number of likely N-dealkylation sites (N-methyl/N-ethyl adjacent to an activating group) is 1. The van der Waals surface area contributed by atoms with Gasteiger partial charge in [-0.1, -0.05) is 17.7 Å². The van der Waals surface area contributed by atoms with Gasteiger partial charge in [-0.3, -0.25) is 4.79 Å². The average Bonchev–Trinajstić information content (AvgIpc) is 2.79. The summed E-state index contributed by atoms with van der Waals surface area (Å²) >= 11 is 5.99. The summed E-state index contributed by atoms with van der Waals surface area (Å²) in [5.41, 5.74) is 2.76. The Balaban J connectivity index is 1.60. The topological polar surface area (TPSA) is 39.7 Å². The van der Waals surface area contributed by atoms with Gasteiger partial charge in [-0.15, -0.1) is 0 Å². The lowest BCUT2D eigenvalue weighted by molar-refractivity contribution is 0.0985. The summed E-state index contributed by atoms with van der Waals surface area (Å²) < 4.78 is 13.7. The monoisotopic (exact) mass is 452 g/mol. The van der Waals surface area contributed by atoms with Gasteiger partial charge >= 0.3 is 0 Å². The van der Waals surface area contributed by atoms with E-state index in [9.17, 15) is 9.18 Å². The van der Waals surface area contributed by atoms with E-state index in [2.05, 4.69) is 21.8 Å². The SMILES string of the molecule is Cc1cc(F)ccc1N(Cc1ccc(N2CCN(C)CC2)nc1)C(=O)c1ccc(Cl)cc1. The van der Waals surface area contributed by atoms with Crippen molar-refractivity contribution in [1.82, 2.24) is 9.88 Å². The van der Waals surface area contributed by atoms with Crippen molar-refractivity contribution in [2.45, 2.75) is 13.5 Å². The maximum absolute atomic E-state index is 13.7. The van der Waals surface area contributed by atoms with Gasteiger partial charge < -0.3 is 14.7 Å². The number of benzene rings is 2. The van der Waals surface area contributed by atoms with Gasteiger partial charge in [0.15, 0.2) is 0 Å². The lowest BCUT2D eigenvalue weighted by Gasteiger charge is -2.33. The molecule has 1 aliphatic heterocycles. The lowest BCUT2D eigenvalue weighted by Crippen LogP contribution is -2.44. The number of hydrogen-bond donors (Lipinski definition) is 0. The van der Waals surface area contributed by atoms with Crippen LogP contribution in [0.5, 0.6) is 0 Å². The number of aryl methyl sites for hydroxylation is 1. The maximum atomic E-state index is 13.7. The molecule has 0 radical (unpaired) electrons. The molecule has 1 fully saturated rings. The van der Waals surface area contributed by atoms with Gasteiger partial charge in [-0.25, -0.2) is 9.37 Å². The normalized spacial score (nSPS) is 14.4. The van der Waals surface area contributed by atoms with Crippen molar-refractivity contribution in [3.05, 3.63) is 88.3 Å². The Morgan fingerprint density at radius 2 is 1.78 bits per heavy atom. The number of aromatic nitrogens is 1. The molecule has 0 unspecified atom stereocenters. The zero-order chi connectivity index (χ0) is 22.7. The molecular formula is C25H26ClFN4O. The van der Waals surface area contributed by atoms with Gasteiger partial charge in [0, 0.05) is 48.6 Å². The number of anilines is 2. The van der Waals surface area contributed by atoms with Crippen molar-refractivity contribution in [2.24, 2.45) is 0 Å². The summed E-state index contributed by atoms with van der Waals surface area (Å²) in [4.78, 5) is 24.3. The van der Waals surface area contributed by atoms with E-state index < -0.39 is 0 Å². The number of nitrogens with zero attached hydrogens (tertiary/aromatic N) is 4. The van der Waals surface area contributed by atoms with Crippen LogP contribution in [0.3, 0.4) is 0 Å². The van der Waals surface area contributed by atoms with E-state index in [4.69, 9.17) is 11.6 Å². The van der Waals surface area contributed by atoms with Crippen LogP contribution in [0.1, 0.15) is 21.5 Å². The van der Waals surface area contributed by atoms with Crippen LogP contribution in [0.15, 0.2) is 60.8 Å². The molecule has 2 aromatic carbocycles. The second kappa shape index (κ2) is 9.67. The second-order valence-corrected chi connectivity index (χ2v) is 8.58. The van der Waals surface area contributed by atoms with Gasteiger partial charge in [0.1, 0.15) is 11.6 Å². The fraction of sp³-hybridized carbons (Fsp3) is 0.280. The molecule has 0 atom stereocenters.